The van der Waals surface area contributed by atoms with Crippen LogP contribution in [-0.2, 0) is 11.8 Å². The van der Waals surface area contributed by atoms with Gasteiger partial charge in [-0.1, -0.05) is 13.8 Å². The number of rotatable bonds is 3. The van der Waals surface area contributed by atoms with Gasteiger partial charge in [-0.15, -0.1) is 0 Å². The van der Waals surface area contributed by atoms with Gasteiger partial charge in [-0.3, -0.25) is 9.48 Å². The fraction of sp³-hybridized carbons (Fsp3) is 0.500. The number of hydrogen-bond acceptors (Lipinski definition) is 6. The van der Waals surface area contributed by atoms with Crippen LogP contribution in [0.2, 0.25) is 0 Å². The van der Waals surface area contributed by atoms with Gasteiger partial charge < -0.3 is 9.64 Å². The molecule has 4 rings (SSSR count). The Morgan fingerprint density at radius 2 is 2.15 bits per heavy atom. The molecule has 1 aliphatic heterocycles. The zero-order valence-electron chi connectivity index (χ0n) is 16.0. The molecule has 0 saturated carbocycles. The van der Waals surface area contributed by atoms with Crippen LogP contribution in [0.25, 0.3) is 5.78 Å². The van der Waals surface area contributed by atoms with Gasteiger partial charge in [-0.25, -0.2) is 4.98 Å². The van der Waals surface area contributed by atoms with Crippen molar-refractivity contribution in [2.45, 2.75) is 32.8 Å². The predicted molar refractivity (Wildman–Crippen MR) is 97.4 cm³/mol. The van der Waals surface area contributed by atoms with Gasteiger partial charge in [-0.2, -0.15) is 19.7 Å². The van der Waals surface area contributed by atoms with E-state index >= 15 is 0 Å². The molecule has 0 bridgehead atoms. The monoisotopic (exact) mass is 369 g/mol. The highest BCUT2D eigenvalue weighted by molar-refractivity contribution is 5.92. The van der Waals surface area contributed by atoms with Crippen LogP contribution < -0.4 is 0 Å². The Kier molecular flexibility index (Phi) is 4.39. The molecule has 0 aliphatic carbocycles. The summed E-state index contributed by atoms with van der Waals surface area (Å²) in [6.07, 6.45) is 1.19. The Labute approximate surface area is 157 Å². The highest BCUT2D eigenvalue weighted by Crippen LogP contribution is 2.24. The topological polar surface area (TPSA) is 90.4 Å². The minimum Gasteiger partial charge on any atom is -0.368 e. The zero-order chi connectivity index (χ0) is 19.1. The van der Waals surface area contributed by atoms with E-state index in [2.05, 4.69) is 34.0 Å². The molecule has 9 nitrogen and oxygen atoms in total. The molecule has 142 valence electrons. The van der Waals surface area contributed by atoms with E-state index in [1.807, 2.05) is 31.0 Å². The zero-order valence-corrected chi connectivity index (χ0v) is 16.0. The minimum absolute atomic E-state index is 0.0363. The number of aryl methyl sites for hydroxylation is 2. The smallest absolute Gasteiger partial charge is 0.272 e. The SMILES string of the molecule is Cc1cc([C@@H]2CN(C(=O)c3cc(C(C)C)nn3C)CCO2)n2ncnc2n1. The van der Waals surface area contributed by atoms with Crippen LogP contribution in [0.15, 0.2) is 18.5 Å². The number of nitrogens with zero attached hydrogens (tertiary/aromatic N) is 7. The van der Waals surface area contributed by atoms with E-state index in [1.54, 1.807) is 9.20 Å². The Morgan fingerprint density at radius 1 is 1.33 bits per heavy atom. The van der Waals surface area contributed by atoms with Crippen molar-refractivity contribution in [3.8, 4) is 0 Å². The van der Waals surface area contributed by atoms with Crippen LogP contribution in [0.4, 0.5) is 0 Å². The lowest BCUT2D eigenvalue weighted by Crippen LogP contribution is -2.43. The van der Waals surface area contributed by atoms with Crippen LogP contribution in [-0.4, -0.2) is 59.9 Å². The summed E-state index contributed by atoms with van der Waals surface area (Å²) in [5.74, 6) is 0.770. The highest BCUT2D eigenvalue weighted by Gasteiger charge is 2.30. The molecule has 9 heteroatoms. The van der Waals surface area contributed by atoms with Gasteiger partial charge in [0.1, 0.15) is 18.1 Å². The molecule has 0 unspecified atom stereocenters. The standard InChI is InChI=1S/C18H23N7O2/c1-11(2)13-8-15(23(4)22-13)17(26)24-5-6-27-16(9-24)14-7-12(3)21-18-19-10-20-25(14)18/h7-8,10-11,16H,5-6,9H2,1-4H3/t16-/m0/s1. The molecule has 0 N–H and O–H groups in total. The number of carbonyl (C=O) groups excluding carboxylic acids is 1. The number of aromatic nitrogens is 6. The van der Waals surface area contributed by atoms with E-state index in [-0.39, 0.29) is 17.9 Å². The van der Waals surface area contributed by atoms with Crippen molar-refractivity contribution in [2.24, 2.45) is 7.05 Å². The number of ether oxygens (including phenoxy) is 1. The summed E-state index contributed by atoms with van der Waals surface area (Å²) in [5, 5.41) is 8.70. The van der Waals surface area contributed by atoms with E-state index in [1.165, 1.54) is 6.33 Å². The lowest BCUT2D eigenvalue weighted by molar-refractivity contribution is -0.0260. The summed E-state index contributed by atoms with van der Waals surface area (Å²) >= 11 is 0. The van der Waals surface area contributed by atoms with Crippen LogP contribution in [0.1, 0.15) is 53.4 Å². The fourth-order valence-corrected chi connectivity index (χ4v) is 3.33. The van der Waals surface area contributed by atoms with Crippen LogP contribution in [0, 0.1) is 6.92 Å². The maximum atomic E-state index is 13.1. The number of fused-ring (bicyclic) bond motifs is 1. The Bertz CT molecular complexity index is 991. The molecule has 1 atom stereocenters. The molecule has 3 aromatic rings. The molecule has 0 spiro atoms. The Morgan fingerprint density at radius 3 is 2.89 bits per heavy atom. The summed E-state index contributed by atoms with van der Waals surface area (Å²) in [4.78, 5) is 23.4. The van der Waals surface area contributed by atoms with Crippen molar-refractivity contribution in [1.29, 1.82) is 0 Å². The third kappa shape index (κ3) is 3.18. The van der Waals surface area contributed by atoms with E-state index in [9.17, 15) is 4.79 Å². The molecule has 3 aromatic heterocycles. The summed E-state index contributed by atoms with van der Waals surface area (Å²) < 4.78 is 9.29. The van der Waals surface area contributed by atoms with E-state index in [0.29, 0.717) is 31.2 Å². The summed E-state index contributed by atoms with van der Waals surface area (Å²) in [6.45, 7) is 7.49. The number of carbonyl (C=O) groups is 1. The molecular formula is C18H23N7O2. The van der Waals surface area contributed by atoms with Gasteiger partial charge in [0.25, 0.3) is 11.7 Å². The summed E-state index contributed by atoms with van der Waals surface area (Å²) in [5.41, 5.74) is 3.20. The van der Waals surface area contributed by atoms with Gasteiger partial charge in [0.2, 0.25) is 0 Å². The average molecular weight is 369 g/mol. The molecule has 1 aliphatic rings. The maximum Gasteiger partial charge on any atom is 0.272 e. The first-order valence-corrected chi connectivity index (χ1v) is 9.06. The molecule has 4 heterocycles. The maximum absolute atomic E-state index is 13.1. The number of hydrogen-bond donors (Lipinski definition) is 0. The first kappa shape index (κ1) is 17.6. The normalized spacial score (nSPS) is 17.8. The van der Waals surface area contributed by atoms with Gasteiger partial charge >= 0.3 is 0 Å². The lowest BCUT2D eigenvalue weighted by Gasteiger charge is -2.33. The van der Waals surface area contributed by atoms with Crippen LogP contribution in [0.3, 0.4) is 0 Å². The average Bonchev–Trinajstić information content (AvgIpc) is 3.27. The molecule has 0 aromatic carbocycles. The van der Waals surface area contributed by atoms with Crippen molar-refractivity contribution < 1.29 is 9.53 Å². The van der Waals surface area contributed by atoms with Crippen LogP contribution in [0.5, 0.6) is 0 Å². The van der Waals surface area contributed by atoms with Crippen molar-refractivity contribution in [3.05, 3.63) is 41.2 Å². The molecular weight excluding hydrogens is 346 g/mol. The van der Waals surface area contributed by atoms with E-state index in [4.69, 9.17) is 4.74 Å². The molecule has 0 radical (unpaired) electrons. The van der Waals surface area contributed by atoms with Gasteiger partial charge in [0.05, 0.1) is 24.5 Å². The van der Waals surface area contributed by atoms with Crippen molar-refractivity contribution >= 4 is 11.7 Å². The van der Waals surface area contributed by atoms with E-state index in [0.717, 1.165) is 17.1 Å². The largest absolute Gasteiger partial charge is 0.368 e. The molecule has 1 saturated heterocycles. The summed E-state index contributed by atoms with van der Waals surface area (Å²) in [7, 11) is 1.81. The highest BCUT2D eigenvalue weighted by atomic mass is 16.5. The molecule has 1 fully saturated rings. The van der Waals surface area contributed by atoms with Gasteiger partial charge in [-0.05, 0) is 25.0 Å². The second-order valence-electron chi connectivity index (χ2n) is 7.14. The third-order valence-corrected chi connectivity index (χ3v) is 4.80. The minimum atomic E-state index is -0.286. The number of amides is 1. The van der Waals surface area contributed by atoms with Crippen molar-refractivity contribution in [2.75, 3.05) is 19.7 Å². The van der Waals surface area contributed by atoms with Crippen LogP contribution >= 0.6 is 0 Å². The Hall–Kier alpha value is -2.81. The second-order valence-corrected chi connectivity index (χ2v) is 7.14. The quantitative estimate of drug-likeness (QED) is 0.695. The van der Waals surface area contributed by atoms with Gasteiger partial charge in [0.15, 0.2) is 0 Å². The second kappa shape index (κ2) is 6.73. The summed E-state index contributed by atoms with van der Waals surface area (Å²) in [6, 6.07) is 3.81. The van der Waals surface area contributed by atoms with E-state index < -0.39 is 0 Å². The lowest BCUT2D eigenvalue weighted by atomic mass is 10.1. The third-order valence-electron chi connectivity index (χ3n) is 4.80. The predicted octanol–water partition coefficient (Wildman–Crippen LogP) is 1.50. The van der Waals surface area contributed by atoms with Gasteiger partial charge in [0, 0.05) is 19.3 Å². The first-order valence-electron chi connectivity index (χ1n) is 9.06. The fourth-order valence-electron chi connectivity index (χ4n) is 3.33. The Balaban J connectivity index is 1.61. The first-order chi connectivity index (χ1) is 12.9. The molecule has 1 amide bonds. The number of morpholine rings is 1. The van der Waals surface area contributed by atoms with Crippen molar-refractivity contribution in [1.82, 2.24) is 34.3 Å². The van der Waals surface area contributed by atoms with Crippen molar-refractivity contribution in [3.63, 3.8) is 0 Å². The molecule has 27 heavy (non-hydrogen) atoms.